The molecule has 0 spiro atoms. The molecule has 0 radical (unpaired) electrons. The first-order chi connectivity index (χ1) is 18.0. The normalized spacial score (nSPS) is 13.3. The van der Waals surface area contributed by atoms with E-state index in [2.05, 4.69) is 9.44 Å². The van der Waals surface area contributed by atoms with Crippen molar-refractivity contribution in [3.05, 3.63) is 87.6 Å². The molecule has 1 unspecified atom stereocenters. The van der Waals surface area contributed by atoms with Gasteiger partial charge in [0.25, 0.3) is 5.56 Å². The Bertz CT molecular complexity index is 1460. The van der Waals surface area contributed by atoms with Gasteiger partial charge in [0.05, 0.1) is 10.9 Å². The molecule has 2 atom stereocenters. The molecule has 204 valence electrons. The Kier molecular flexibility index (Phi) is 10.0. The average Bonchev–Trinajstić information content (AvgIpc) is 2.88. The van der Waals surface area contributed by atoms with Crippen molar-refractivity contribution in [2.24, 2.45) is 7.05 Å². The van der Waals surface area contributed by atoms with Crippen LogP contribution in [0.5, 0.6) is 0 Å². The first-order valence-electron chi connectivity index (χ1n) is 12.3. The van der Waals surface area contributed by atoms with Crippen molar-refractivity contribution in [1.29, 1.82) is 0 Å². The Morgan fingerprint density at radius 2 is 1.79 bits per heavy atom. The lowest BCUT2D eigenvalue weighted by Crippen LogP contribution is -2.31. The fraction of sp³-hybridized carbons (Fsp3) is 0.333. The first kappa shape index (κ1) is 29.7. The summed E-state index contributed by atoms with van der Waals surface area (Å²) in [5.74, 6) is -0.504. The zero-order valence-electron chi connectivity index (χ0n) is 21.8. The second-order valence-corrected chi connectivity index (χ2v) is 12.0. The van der Waals surface area contributed by atoms with Gasteiger partial charge < -0.3 is 9.12 Å². The van der Waals surface area contributed by atoms with Crippen LogP contribution in [0.1, 0.15) is 61.1 Å². The fourth-order valence-electron chi connectivity index (χ4n) is 3.96. The SMILES string of the molecule is CCCC[S+]([O-])N[C@@H](C)c1cc(=O)n(C)cc1-c1cc(S(=O)(=O)NCC)ccc1C(=O)c1ccc(F)cc1. The Morgan fingerprint density at radius 1 is 1.11 bits per heavy atom. The van der Waals surface area contributed by atoms with E-state index in [0.717, 1.165) is 12.8 Å². The molecule has 38 heavy (non-hydrogen) atoms. The van der Waals surface area contributed by atoms with Crippen molar-refractivity contribution in [3.8, 4) is 11.1 Å². The molecule has 0 aliphatic heterocycles. The number of pyridine rings is 1. The lowest BCUT2D eigenvalue weighted by atomic mass is 9.90. The molecule has 1 heterocycles. The second kappa shape index (κ2) is 12.8. The van der Waals surface area contributed by atoms with Crippen LogP contribution >= 0.6 is 0 Å². The van der Waals surface area contributed by atoms with E-state index in [1.54, 1.807) is 20.9 Å². The van der Waals surface area contributed by atoms with Crippen LogP contribution in [0.4, 0.5) is 4.39 Å². The zero-order chi connectivity index (χ0) is 28.0. The number of sulfonamides is 1. The third-order valence-electron chi connectivity index (χ3n) is 6.00. The molecule has 0 fully saturated rings. The van der Waals surface area contributed by atoms with Gasteiger partial charge in [-0.2, -0.15) is 0 Å². The number of carbonyl (C=O) groups excluding carboxylic acids is 1. The van der Waals surface area contributed by atoms with Crippen LogP contribution in [0, 0.1) is 5.82 Å². The highest BCUT2D eigenvalue weighted by molar-refractivity contribution is 7.89. The van der Waals surface area contributed by atoms with Crippen molar-refractivity contribution < 1.29 is 22.2 Å². The number of aryl methyl sites for hydroxylation is 1. The number of ketones is 1. The summed E-state index contributed by atoms with van der Waals surface area (Å²) >= 11 is -1.36. The van der Waals surface area contributed by atoms with E-state index < -0.39 is 39.0 Å². The van der Waals surface area contributed by atoms with Crippen LogP contribution < -0.4 is 15.0 Å². The molecule has 8 nitrogen and oxygen atoms in total. The van der Waals surface area contributed by atoms with Crippen LogP contribution in [-0.4, -0.2) is 35.6 Å². The van der Waals surface area contributed by atoms with Crippen LogP contribution in [0.25, 0.3) is 11.1 Å². The second-order valence-electron chi connectivity index (χ2n) is 8.88. The predicted octanol–water partition coefficient (Wildman–Crippen LogP) is 3.84. The van der Waals surface area contributed by atoms with Crippen molar-refractivity contribution in [2.75, 3.05) is 12.3 Å². The van der Waals surface area contributed by atoms with Gasteiger partial charge in [-0.05, 0) is 66.9 Å². The van der Waals surface area contributed by atoms with Crippen molar-refractivity contribution >= 4 is 27.2 Å². The standard InChI is InChI=1S/C27H32FN3O5S2/c1-5-7-14-37(34)30-18(3)23-16-26(32)31(4)17-25(23)24-15-21(38(35,36)29-6-2)12-13-22(24)27(33)19-8-10-20(28)11-9-19/h8-13,15-18,29-30H,5-7,14H2,1-4H3/t18-,37?/m0/s1. The summed E-state index contributed by atoms with van der Waals surface area (Å²) in [5, 5.41) is 0. The van der Waals surface area contributed by atoms with E-state index >= 15 is 0 Å². The molecule has 0 saturated carbocycles. The van der Waals surface area contributed by atoms with E-state index in [0.29, 0.717) is 16.9 Å². The molecule has 3 rings (SSSR count). The molecule has 0 aliphatic rings. The third-order valence-corrected chi connectivity index (χ3v) is 8.81. The maximum atomic E-state index is 13.5. The van der Waals surface area contributed by atoms with Crippen LogP contribution in [-0.2, 0) is 28.4 Å². The van der Waals surface area contributed by atoms with Gasteiger partial charge in [-0.25, -0.2) is 17.5 Å². The van der Waals surface area contributed by atoms with E-state index in [9.17, 15) is 27.0 Å². The number of rotatable bonds is 12. The number of carbonyl (C=O) groups is 1. The van der Waals surface area contributed by atoms with Crippen molar-refractivity contribution in [1.82, 2.24) is 14.0 Å². The number of unbranched alkanes of at least 4 members (excludes halogenated alkanes) is 1. The fourth-order valence-corrected chi connectivity index (χ4v) is 6.22. The highest BCUT2D eigenvalue weighted by Crippen LogP contribution is 2.33. The van der Waals surface area contributed by atoms with Gasteiger partial charge in [-0.3, -0.25) is 9.59 Å². The van der Waals surface area contributed by atoms with Crippen molar-refractivity contribution in [2.45, 2.75) is 44.6 Å². The summed E-state index contributed by atoms with van der Waals surface area (Å²) in [4.78, 5) is 26.1. The van der Waals surface area contributed by atoms with Gasteiger partial charge in [-0.1, -0.05) is 20.3 Å². The number of benzene rings is 2. The smallest absolute Gasteiger partial charge is 0.250 e. The number of aromatic nitrogens is 1. The third kappa shape index (κ3) is 6.97. The van der Waals surface area contributed by atoms with E-state index in [-0.39, 0.29) is 33.7 Å². The molecule has 0 saturated heterocycles. The van der Waals surface area contributed by atoms with Gasteiger partial charge in [-0.15, -0.1) is 4.72 Å². The van der Waals surface area contributed by atoms with E-state index in [1.165, 1.54) is 59.3 Å². The molecule has 2 N–H and O–H groups in total. The Morgan fingerprint density at radius 3 is 2.42 bits per heavy atom. The van der Waals surface area contributed by atoms with Crippen LogP contribution in [0.3, 0.4) is 0 Å². The minimum absolute atomic E-state index is 0.0584. The van der Waals surface area contributed by atoms with Crippen LogP contribution in [0.15, 0.2) is 64.4 Å². The molecule has 0 bridgehead atoms. The van der Waals surface area contributed by atoms with Crippen LogP contribution in [0.2, 0.25) is 0 Å². The number of halogens is 1. The average molecular weight is 562 g/mol. The van der Waals surface area contributed by atoms with Gasteiger partial charge in [0.2, 0.25) is 10.0 Å². The zero-order valence-corrected chi connectivity index (χ0v) is 23.4. The number of nitrogens with one attached hydrogen (secondary N) is 2. The topological polar surface area (TPSA) is 120 Å². The molecular formula is C27H32FN3O5S2. The van der Waals surface area contributed by atoms with E-state index in [4.69, 9.17) is 0 Å². The highest BCUT2D eigenvalue weighted by atomic mass is 32.2. The number of hydrogen-bond acceptors (Lipinski definition) is 6. The lowest BCUT2D eigenvalue weighted by molar-refractivity contribution is 0.103. The highest BCUT2D eigenvalue weighted by Gasteiger charge is 2.25. The number of nitrogens with zero attached hydrogens (tertiary/aromatic N) is 1. The lowest BCUT2D eigenvalue weighted by Gasteiger charge is -2.21. The minimum atomic E-state index is -3.88. The minimum Gasteiger partial charge on any atom is -0.598 e. The van der Waals surface area contributed by atoms with E-state index in [1.807, 2.05) is 6.92 Å². The summed E-state index contributed by atoms with van der Waals surface area (Å²) in [6.07, 6.45) is 3.17. The molecule has 2 aromatic carbocycles. The van der Waals surface area contributed by atoms with Gasteiger partial charge in [0.1, 0.15) is 11.6 Å². The summed E-state index contributed by atoms with van der Waals surface area (Å²) in [7, 11) is -2.33. The molecular weight excluding hydrogens is 529 g/mol. The largest absolute Gasteiger partial charge is 0.598 e. The van der Waals surface area contributed by atoms with Gasteiger partial charge in [0.15, 0.2) is 5.78 Å². The van der Waals surface area contributed by atoms with Gasteiger partial charge >= 0.3 is 0 Å². The Labute approximate surface area is 225 Å². The maximum absolute atomic E-state index is 13.5. The van der Waals surface area contributed by atoms with Gasteiger partial charge in [0, 0.05) is 53.9 Å². The predicted molar refractivity (Wildman–Crippen MR) is 147 cm³/mol. The number of hydrogen-bond donors (Lipinski definition) is 2. The molecule has 1 aromatic heterocycles. The maximum Gasteiger partial charge on any atom is 0.250 e. The molecule has 0 amide bonds. The Balaban J connectivity index is 2.25. The summed E-state index contributed by atoms with van der Waals surface area (Å²) in [6, 6.07) is 10.0. The quantitative estimate of drug-likeness (QED) is 0.256. The summed E-state index contributed by atoms with van der Waals surface area (Å²) in [5.41, 5.74) is 1.23. The summed E-state index contributed by atoms with van der Waals surface area (Å²) in [6.45, 7) is 5.57. The monoisotopic (exact) mass is 561 g/mol. The van der Waals surface area contributed by atoms with Crippen molar-refractivity contribution in [3.63, 3.8) is 0 Å². The molecule has 11 heteroatoms. The first-order valence-corrected chi connectivity index (χ1v) is 15.1. The summed E-state index contributed by atoms with van der Waals surface area (Å²) < 4.78 is 58.6. The molecule has 0 aliphatic carbocycles. The Hall–Kier alpha value is -2.83. The molecule has 3 aromatic rings.